The Labute approximate surface area is 157 Å². The molecule has 1 amide bonds. The van der Waals surface area contributed by atoms with E-state index in [2.05, 4.69) is 15.5 Å². The molecular formula is C19H19N3O4S. The first-order chi connectivity index (χ1) is 12.9. The normalized spacial score (nSPS) is 11.4. The van der Waals surface area contributed by atoms with Crippen LogP contribution in [-0.4, -0.2) is 30.6 Å². The highest BCUT2D eigenvalue weighted by molar-refractivity contribution is 7.91. The molecule has 27 heavy (non-hydrogen) atoms. The molecule has 0 atom stereocenters. The fraction of sp³-hybridized carbons (Fsp3) is 0.158. The molecule has 1 heterocycles. The van der Waals surface area contributed by atoms with E-state index >= 15 is 0 Å². The van der Waals surface area contributed by atoms with Gasteiger partial charge in [0.15, 0.2) is 0 Å². The number of sulfone groups is 1. The third kappa shape index (κ3) is 4.35. The molecule has 0 bridgehead atoms. The van der Waals surface area contributed by atoms with Gasteiger partial charge in [-0.3, -0.25) is 9.89 Å². The lowest BCUT2D eigenvalue weighted by atomic mass is 10.2. The van der Waals surface area contributed by atoms with Crippen LogP contribution in [-0.2, 0) is 9.84 Å². The number of anilines is 1. The quantitative estimate of drug-likeness (QED) is 0.678. The minimum atomic E-state index is -3.73. The van der Waals surface area contributed by atoms with Crippen molar-refractivity contribution in [2.75, 3.05) is 5.32 Å². The van der Waals surface area contributed by atoms with Gasteiger partial charge in [-0.25, -0.2) is 8.42 Å². The fourth-order valence-electron chi connectivity index (χ4n) is 2.42. The van der Waals surface area contributed by atoms with Gasteiger partial charge in [0.05, 0.1) is 17.2 Å². The maximum atomic E-state index is 12.5. The second-order valence-corrected chi connectivity index (χ2v) is 8.06. The second kappa shape index (κ2) is 7.63. The zero-order valence-electron chi connectivity index (χ0n) is 14.8. The number of carbonyl (C=O) groups excluding carboxylic acids is 1. The summed E-state index contributed by atoms with van der Waals surface area (Å²) in [4.78, 5) is 12.6. The van der Waals surface area contributed by atoms with Crippen LogP contribution in [0.3, 0.4) is 0 Å². The third-order valence-electron chi connectivity index (χ3n) is 3.67. The van der Waals surface area contributed by atoms with Gasteiger partial charge in [0, 0.05) is 17.4 Å². The Morgan fingerprint density at radius 2 is 1.85 bits per heavy atom. The van der Waals surface area contributed by atoms with Crippen molar-refractivity contribution in [2.24, 2.45) is 0 Å². The Balaban J connectivity index is 1.78. The highest BCUT2D eigenvalue weighted by Crippen LogP contribution is 2.22. The average Bonchev–Trinajstić information content (AvgIpc) is 3.18. The van der Waals surface area contributed by atoms with Gasteiger partial charge < -0.3 is 10.1 Å². The summed E-state index contributed by atoms with van der Waals surface area (Å²) in [6, 6.07) is 12.8. The lowest BCUT2D eigenvalue weighted by molar-refractivity contribution is 0.102. The van der Waals surface area contributed by atoms with Gasteiger partial charge in [-0.2, -0.15) is 5.10 Å². The van der Waals surface area contributed by atoms with E-state index in [9.17, 15) is 13.2 Å². The molecule has 0 fully saturated rings. The number of hydrogen-bond acceptors (Lipinski definition) is 5. The maximum Gasteiger partial charge on any atom is 0.255 e. The molecule has 7 nitrogen and oxygen atoms in total. The molecule has 3 aromatic rings. The molecule has 1 aromatic heterocycles. The summed E-state index contributed by atoms with van der Waals surface area (Å²) in [5.41, 5.74) is 0.821. The second-order valence-electron chi connectivity index (χ2n) is 6.11. The Morgan fingerprint density at radius 1 is 1.11 bits per heavy atom. The molecule has 2 N–H and O–H groups in total. The van der Waals surface area contributed by atoms with Crippen molar-refractivity contribution in [1.29, 1.82) is 0 Å². The monoisotopic (exact) mass is 385 g/mol. The van der Waals surface area contributed by atoms with Crippen LogP contribution in [0.1, 0.15) is 24.2 Å². The van der Waals surface area contributed by atoms with Crippen LogP contribution in [0.2, 0.25) is 0 Å². The number of nitrogens with zero attached hydrogens (tertiary/aromatic N) is 1. The van der Waals surface area contributed by atoms with Crippen LogP contribution < -0.4 is 10.1 Å². The zero-order valence-corrected chi connectivity index (χ0v) is 15.7. The number of aromatic amines is 1. The Kier molecular flexibility index (Phi) is 5.27. The van der Waals surface area contributed by atoms with Crippen molar-refractivity contribution in [3.63, 3.8) is 0 Å². The Bertz CT molecular complexity index is 1030. The van der Waals surface area contributed by atoms with Crippen LogP contribution in [0, 0.1) is 0 Å². The number of nitrogens with one attached hydrogen (secondary N) is 2. The molecule has 0 saturated carbocycles. The molecule has 0 aliphatic heterocycles. The summed E-state index contributed by atoms with van der Waals surface area (Å²) in [6.07, 6.45) is 2.58. The van der Waals surface area contributed by atoms with E-state index in [0.29, 0.717) is 11.4 Å². The number of rotatable bonds is 6. The molecule has 2 aromatic carbocycles. The topological polar surface area (TPSA) is 101 Å². The Hall–Kier alpha value is -3.13. The summed E-state index contributed by atoms with van der Waals surface area (Å²) < 4.78 is 30.7. The standard InChI is InChI=1S/C19H19N3O4S/c1-13(2)26-16-8-6-15(7-9-16)22-19(23)14-4-3-5-17(10-14)27(24,25)18-11-20-21-12-18/h3-13H,1-2H3,(H,20,21)(H,22,23). The van der Waals surface area contributed by atoms with Crippen LogP contribution in [0.4, 0.5) is 5.69 Å². The molecule has 0 saturated heterocycles. The first kappa shape index (κ1) is 18.7. The molecule has 0 aliphatic carbocycles. The van der Waals surface area contributed by atoms with Gasteiger partial charge in [-0.05, 0) is 56.3 Å². The molecule has 0 radical (unpaired) electrons. The summed E-state index contributed by atoms with van der Waals surface area (Å²) >= 11 is 0. The first-order valence-electron chi connectivity index (χ1n) is 8.28. The molecule has 0 unspecified atom stereocenters. The van der Waals surface area contributed by atoms with E-state index in [4.69, 9.17) is 4.74 Å². The molecule has 3 rings (SSSR count). The molecule has 8 heteroatoms. The smallest absolute Gasteiger partial charge is 0.255 e. The predicted molar refractivity (Wildman–Crippen MR) is 101 cm³/mol. The van der Waals surface area contributed by atoms with Gasteiger partial charge >= 0.3 is 0 Å². The molecule has 0 aliphatic rings. The molecule has 140 valence electrons. The number of carbonyl (C=O) groups is 1. The van der Waals surface area contributed by atoms with E-state index in [-0.39, 0.29) is 21.5 Å². The van der Waals surface area contributed by atoms with Gasteiger partial charge in [-0.15, -0.1) is 0 Å². The van der Waals surface area contributed by atoms with Crippen molar-refractivity contribution in [1.82, 2.24) is 10.2 Å². The molecular weight excluding hydrogens is 366 g/mol. The largest absolute Gasteiger partial charge is 0.491 e. The van der Waals surface area contributed by atoms with Crippen molar-refractivity contribution >= 4 is 21.4 Å². The fourth-order valence-corrected chi connectivity index (χ4v) is 3.63. The van der Waals surface area contributed by atoms with Crippen LogP contribution in [0.5, 0.6) is 5.75 Å². The van der Waals surface area contributed by atoms with Crippen molar-refractivity contribution in [3.8, 4) is 5.75 Å². The number of H-pyrrole nitrogens is 1. The number of aromatic nitrogens is 2. The van der Waals surface area contributed by atoms with Crippen molar-refractivity contribution in [2.45, 2.75) is 29.7 Å². The number of amides is 1. The number of hydrogen-bond donors (Lipinski definition) is 2. The lowest BCUT2D eigenvalue weighted by Gasteiger charge is -2.11. The van der Waals surface area contributed by atoms with Gasteiger partial charge in [0.2, 0.25) is 9.84 Å². The van der Waals surface area contributed by atoms with Gasteiger partial charge in [0.1, 0.15) is 10.6 Å². The predicted octanol–water partition coefficient (Wildman–Crippen LogP) is 3.28. The lowest BCUT2D eigenvalue weighted by Crippen LogP contribution is -2.13. The summed E-state index contributed by atoms with van der Waals surface area (Å²) in [5.74, 6) is 0.299. The van der Waals surface area contributed by atoms with Crippen LogP contribution >= 0.6 is 0 Å². The minimum Gasteiger partial charge on any atom is -0.491 e. The highest BCUT2D eigenvalue weighted by Gasteiger charge is 2.20. The van der Waals surface area contributed by atoms with Crippen LogP contribution in [0.15, 0.2) is 70.7 Å². The van der Waals surface area contributed by atoms with E-state index in [1.54, 1.807) is 30.3 Å². The number of benzene rings is 2. The summed E-state index contributed by atoms with van der Waals surface area (Å²) in [7, 11) is -3.73. The Morgan fingerprint density at radius 3 is 2.48 bits per heavy atom. The number of ether oxygens (including phenoxy) is 1. The zero-order chi connectivity index (χ0) is 19.4. The average molecular weight is 385 g/mol. The molecule has 0 spiro atoms. The van der Waals surface area contributed by atoms with Crippen molar-refractivity contribution in [3.05, 3.63) is 66.5 Å². The van der Waals surface area contributed by atoms with E-state index in [0.717, 1.165) is 0 Å². The van der Waals surface area contributed by atoms with Crippen molar-refractivity contribution < 1.29 is 17.9 Å². The summed E-state index contributed by atoms with van der Waals surface area (Å²) in [6.45, 7) is 3.86. The van der Waals surface area contributed by atoms with E-state index in [1.807, 2.05) is 13.8 Å². The van der Waals surface area contributed by atoms with Gasteiger partial charge in [0.25, 0.3) is 5.91 Å². The van der Waals surface area contributed by atoms with E-state index < -0.39 is 15.7 Å². The van der Waals surface area contributed by atoms with Crippen LogP contribution in [0.25, 0.3) is 0 Å². The highest BCUT2D eigenvalue weighted by atomic mass is 32.2. The van der Waals surface area contributed by atoms with E-state index in [1.165, 1.54) is 30.6 Å². The maximum absolute atomic E-state index is 12.5. The SMILES string of the molecule is CC(C)Oc1ccc(NC(=O)c2cccc(S(=O)(=O)c3cn[nH]c3)c2)cc1. The minimum absolute atomic E-state index is 0.0252. The summed E-state index contributed by atoms with van der Waals surface area (Å²) in [5, 5.41) is 8.88. The van der Waals surface area contributed by atoms with Gasteiger partial charge in [-0.1, -0.05) is 6.07 Å². The first-order valence-corrected chi connectivity index (χ1v) is 9.76. The third-order valence-corrected chi connectivity index (χ3v) is 5.39.